The Morgan fingerprint density at radius 2 is 2.33 bits per heavy atom. The number of ether oxygens (including phenoxy) is 1. The van der Waals surface area contributed by atoms with Gasteiger partial charge in [0.15, 0.2) is 0 Å². The highest BCUT2D eigenvalue weighted by Gasteiger charge is 2.11. The normalized spacial score (nSPS) is 16.3. The summed E-state index contributed by atoms with van der Waals surface area (Å²) < 4.78 is 4.38. The van der Waals surface area contributed by atoms with E-state index in [-0.39, 0.29) is 5.97 Å². The number of nitrogens with zero attached hydrogens (tertiary/aromatic N) is 1. The summed E-state index contributed by atoms with van der Waals surface area (Å²) in [7, 11) is 1.37. The number of esters is 1. The molecule has 0 atom stereocenters. The van der Waals surface area contributed by atoms with E-state index in [0.29, 0.717) is 0 Å². The molecule has 0 N–H and O–H groups in total. The SMILES string of the molecule is COC(=O)/C=C/N1CC1. The van der Waals surface area contributed by atoms with Gasteiger partial charge in [-0.1, -0.05) is 0 Å². The van der Waals surface area contributed by atoms with Crippen LogP contribution in [0.5, 0.6) is 0 Å². The molecule has 0 bridgehead atoms. The summed E-state index contributed by atoms with van der Waals surface area (Å²) in [6, 6.07) is 0. The standard InChI is InChI=1S/C6H9NO2/c1-9-6(8)2-3-7-4-5-7/h2-3H,4-5H2,1H3/b3-2+. The molecule has 0 aromatic heterocycles. The van der Waals surface area contributed by atoms with Crippen molar-refractivity contribution in [3.63, 3.8) is 0 Å². The van der Waals surface area contributed by atoms with Gasteiger partial charge in [-0.05, 0) is 0 Å². The fourth-order valence-corrected chi connectivity index (χ4v) is 0.441. The van der Waals surface area contributed by atoms with E-state index in [1.807, 2.05) is 4.90 Å². The molecule has 1 saturated heterocycles. The molecule has 3 nitrogen and oxygen atoms in total. The maximum Gasteiger partial charge on any atom is 0.331 e. The van der Waals surface area contributed by atoms with Crippen LogP contribution in [-0.2, 0) is 9.53 Å². The second-order valence-electron chi connectivity index (χ2n) is 1.87. The minimum absolute atomic E-state index is 0.290. The fraction of sp³-hybridized carbons (Fsp3) is 0.500. The molecule has 0 aromatic rings. The summed E-state index contributed by atoms with van der Waals surface area (Å²) in [4.78, 5) is 12.4. The molecule has 1 aliphatic heterocycles. The highest BCUT2D eigenvalue weighted by molar-refractivity contribution is 5.81. The third-order valence-corrected chi connectivity index (χ3v) is 1.10. The Hall–Kier alpha value is -0.990. The van der Waals surface area contributed by atoms with Crippen molar-refractivity contribution in [3.05, 3.63) is 12.3 Å². The Kier molecular flexibility index (Phi) is 1.72. The van der Waals surface area contributed by atoms with Crippen LogP contribution >= 0.6 is 0 Å². The number of rotatable bonds is 2. The maximum atomic E-state index is 10.4. The first-order valence-corrected chi connectivity index (χ1v) is 2.83. The Labute approximate surface area is 53.9 Å². The van der Waals surface area contributed by atoms with Crippen molar-refractivity contribution in [2.75, 3.05) is 20.2 Å². The van der Waals surface area contributed by atoms with Crippen molar-refractivity contribution in [1.29, 1.82) is 0 Å². The lowest BCUT2D eigenvalue weighted by Gasteiger charge is -1.89. The average molecular weight is 127 g/mol. The molecule has 1 heterocycles. The third kappa shape index (κ3) is 2.17. The van der Waals surface area contributed by atoms with Crippen LogP contribution in [-0.4, -0.2) is 31.1 Å². The van der Waals surface area contributed by atoms with E-state index in [2.05, 4.69) is 4.74 Å². The summed E-state index contributed by atoms with van der Waals surface area (Å²) in [6.45, 7) is 2.13. The van der Waals surface area contributed by atoms with E-state index in [0.717, 1.165) is 13.1 Å². The Morgan fingerprint density at radius 1 is 1.67 bits per heavy atom. The molecule has 3 heteroatoms. The molecule has 0 amide bonds. The van der Waals surface area contributed by atoms with Crippen molar-refractivity contribution in [3.8, 4) is 0 Å². The maximum absolute atomic E-state index is 10.4. The molecule has 0 aromatic carbocycles. The molecule has 0 spiro atoms. The van der Waals surface area contributed by atoms with Crippen LogP contribution in [0.25, 0.3) is 0 Å². The quantitative estimate of drug-likeness (QED) is 0.297. The zero-order valence-corrected chi connectivity index (χ0v) is 5.33. The summed E-state index contributed by atoms with van der Waals surface area (Å²) >= 11 is 0. The van der Waals surface area contributed by atoms with Gasteiger partial charge in [0.2, 0.25) is 0 Å². The summed E-state index contributed by atoms with van der Waals surface area (Å²) in [6.07, 6.45) is 3.17. The Balaban J connectivity index is 2.20. The molecule has 0 aliphatic carbocycles. The molecule has 0 unspecified atom stereocenters. The second kappa shape index (κ2) is 2.53. The number of hydrogen-bond acceptors (Lipinski definition) is 3. The van der Waals surface area contributed by atoms with Crippen LogP contribution in [0.4, 0.5) is 0 Å². The van der Waals surface area contributed by atoms with Gasteiger partial charge in [0.05, 0.1) is 7.11 Å². The zero-order valence-electron chi connectivity index (χ0n) is 5.33. The lowest BCUT2D eigenvalue weighted by Crippen LogP contribution is -1.95. The Morgan fingerprint density at radius 3 is 2.78 bits per heavy atom. The molecule has 50 valence electrons. The first-order chi connectivity index (χ1) is 4.33. The Bertz CT molecular complexity index is 138. The van der Waals surface area contributed by atoms with Gasteiger partial charge in [0, 0.05) is 25.4 Å². The van der Waals surface area contributed by atoms with E-state index in [1.165, 1.54) is 13.2 Å². The van der Waals surface area contributed by atoms with E-state index < -0.39 is 0 Å². The van der Waals surface area contributed by atoms with Crippen molar-refractivity contribution < 1.29 is 9.53 Å². The molecule has 1 rings (SSSR count). The molecular weight excluding hydrogens is 118 g/mol. The van der Waals surface area contributed by atoms with E-state index in [1.54, 1.807) is 6.20 Å². The van der Waals surface area contributed by atoms with Gasteiger partial charge in [-0.25, -0.2) is 4.79 Å². The van der Waals surface area contributed by atoms with Gasteiger partial charge in [-0.15, -0.1) is 0 Å². The van der Waals surface area contributed by atoms with Crippen molar-refractivity contribution >= 4 is 5.97 Å². The van der Waals surface area contributed by atoms with E-state index in [4.69, 9.17) is 0 Å². The van der Waals surface area contributed by atoms with E-state index >= 15 is 0 Å². The van der Waals surface area contributed by atoms with E-state index in [9.17, 15) is 4.79 Å². The highest BCUT2D eigenvalue weighted by Crippen LogP contribution is 2.02. The first-order valence-electron chi connectivity index (χ1n) is 2.83. The average Bonchev–Trinajstić information content (AvgIpc) is 2.65. The third-order valence-electron chi connectivity index (χ3n) is 1.10. The zero-order chi connectivity index (χ0) is 6.69. The van der Waals surface area contributed by atoms with Crippen LogP contribution in [0.1, 0.15) is 0 Å². The molecular formula is C6H9NO2. The predicted octanol–water partition coefficient (Wildman–Crippen LogP) is -0.0113. The smallest absolute Gasteiger partial charge is 0.331 e. The topological polar surface area (TPSA) is 29.3 Å². The summed E-state index contributed by atoms with van der Waals surface area (Å²) in [5, 5.41) is 0. The van der Waals surface area contributed by atoms with Crippen LogP contribution in [0.2, 0.25) is 0 Å². The molecule has 0 radical (unpaired) electrons. The van der Waals surface area contributed by atoms with Crippen molar-refractivity contribution in [2.45, 2.75) is 0 Å². The number of methoxy groups -OCH3 is 1. The second-order valence-corrected chi connectivity index (χ2v) is 1.87. The molecule has 9 heavy (non-hydrogen) atoms. The largest absolute Gasteiger partial charge is 0.466 e. The van der Waals surface area contributed by atoms with Crippen molar-refractivity contribution in [1.82, 2.24) is 4.90 Å². The van der Waals surface area contributed by atoms with Crippen LogP contribution in [0.3, 0.4) is 0 Å². The summed E-state index contributed by atoms with van der Waals surface area (Å²) in [5.74, 6) is -0.290. The minimum Gasteiger partial charge on any atom is -0.466 e. The minimum atomic E-state index is -0.290. The molecule has 1 fully saturated rings. The molecule has 1 aliphatic rings. The number of carbonyl (C=O) groups excluding carboxylic acids is 1. The summed E-state index contributed by atoms with van der Waals surface area (Å²) in [5.41, 5.74) is 0. The highest BCUT2D eigenvalue weighted by atomic mass is 16.5. The van der Waals surface area contributed by atoms with Crippen LogP contribution in [0, 0.1) is 0 Å². The van der Waals surface area contributed by atoms with Gasteiger partial charge >= 0.3 is 5.97 Å². The first kappa shape index (κ1) is 6.13. The fourth-order valence-electron chi connectivity index (χ4n) is 0.441. The van der Waals surface area contributed by atoms with Crippen molar-refractivity contribution in [2.24, 2.45) is 0 Å². The lowest BCUT2D eigenvalue weighted by atomic mass is 10.6. The monoisotopic (exact) mass is 127 g/mol. The molecule has 0 saturated carbocycles. The van der Waals surface area contributed by atoms with Crippen LogP contribution < -0.4 is 0 Å². The van der Waals surface area contributed by atoms with Gasteiger partial charge in [0.25, 0.3) is 0 Å². The number of hydrogen-bond donors (Lipinski definition) is 0. The van der Waals surface area contributed by atoms with Gasteiger partial charge in [0.1, 0.15) is 0 Å². The van der Waals surface area contributed by atoms with Gasteiger partial charge in [-0.2, -0.15) is 0 Å². The van der Waals surface area contributed by atoms with Crippen LogP contribution in [0.15, 0.2) is 12.3 Å². The lowest BCUT2D eigenvalue weighted by molar-refractivity contribution is -0.134. The predicted molar refractivity (Wildman–Crippen MR) is 32.7 cm³/mol. The number of carbonyl (C=O) groups is 1. The van der Waals surface area contributed by atoms with Gasteiger partial charge < -0.3 is 9.64 Å². The van der Waals surface area contributed by atoms with Gasteiger partial charge in [-0.3, -0.25) is 0 Å².